The second-order valence-corrected chi connectivity index (χ2v) is 5.72. The van der Waals surface area contributed by atoms with Crippen LogP contribution in [0, 0.1) is 11.8 Å². The third-order valence-corrected chi connectivity index (χ3v) is 3.80. The Balaban J connectivity index is 1.99. The smallest absolute Gasteiger partial charge is 0.302 e. The van der Waals surface area contributed by atoms with E-state index in [0.717, 1.165) is 0 Å². The monoisotopic (exact) mass is 267 g/mol. The van der Waals surface area contributed by atoms with Crippen molar-refractivity contribution in [2.45, 2.75) is 32.7 Å². The molecule has 4 amide bonds. The van der Waals surface area contributed by atoms with Crippen molar-refractivity contribution in [1.29, 1.82) is 0 Å². The molecular formula is C13H21N3O3. The first-order valence-corrected chi connectivity index (χ1v) is 6.78. The highest BCUT2D eigenvalue weighted by atomic mass is 16.2. The summed E-state index contributed by atoms with van der Waals surface area (Å²) in [5.41, 5.74) is 0. The number of imide groups is 2. The van der Waals surface area contributed by atoms with Gasteiger partial charge in [-0.25, -0.2) is 4.79 Å². The minimum absolute atomic E-state index is 0.107. The molecule has 1 saturated carbocycles. The number of carbonyl (C=O) groups excluding carboxylic acids is 3. The molecule has 1 aliphatic heterocycles. The molecule has 6 heteroatoms. The predicted molar refractivity (Wildman–Crippen MR) is 69.2 cm³/mol. The highest BCUT2D eigenvalue weighted by Crippen LogP contribution is 2.25. The first-order chi connectivity index (χ1) is 8.91. The van der Waals surface area contributed by atoms with Gasteiger partial charge in [-0.05, 0) is 25.8 Å². The van der Waals surface area contributed by atoms with Gasteiger partial charge in [0.25, 0.3) is 0 Å². The number of carbonyl (C=O) groups is 3. The molecule has 1 unspecified atom stereocenters. The summed E-state index contributed by atoms with van der Waals surface area (Å²) in [5.74, 6) is -1.70. The quantitative estimate of drug-likeness (QED) is 0.733. The number of nitrogens with one attached hydrogen (secondary N) is 1. The van der Waals surface area contributed by atoms with Gasteiger partial charge in [0.1, 0.15) is 5.92 Å². The average molecular weight is 267 g/mol. The molecule has 0 bridgehead atoms. The fourth-order valence-electron chi connectivity index (χ4n) is 2.39. The van der Waals surface area contributed by atoms with E-state index < -0.39 is 17.9 Å². The zero-order valence-electron chi connectivity index (χ0n) is 11.7. The van der Waals surface area contributed by atoms with Gasteiger partial charge in [-0.1, -0.05) is 13.8 Å². The number of nitrogens with zero attached hydrogens (tertiary/aromatic N) is 2. The average Bonchev–Trinajstić information content (AvgIpc) is 3.10. The Morgan fingerprint density at radius 2 is 1.95 bits per heavy atom. The molecule has 0 spiro atoms. The molecule has 0 aromatic carbocycles. The van der Waals surface area contributed by atoms with E-state index in [1.165, 1.54) is 17.7 Å². The summed E-state index contributed by atoms with van der Waals surface area (Å²) in [6, 6.07) is 0.00146. The van der Waals surface area contributed by atoms with Gasteiger partial charge in [0.2, 0.25) is 11.8 Å². The van der Waals surface area contributed by atoms with Crippen LogP contribution in [0.3, 0.4) is 0 Å². The number of barbiturate groups is 1. The summed E-state index contributed by atoms with van der Waals surface area (Å²) in [6.07, 6.45) is 2.37. The van der Waals surface area contributed by atoms with Crippen LogP contribution in [0.1, 0.15) is 26.7 Å². The van der Waals surface area contributed by atoms with Gasteiger partial charge in [0, 0.05) is 19.1 Å². The van der Waals surface area contributed by atoms with Crippen LogP contribution in [-0.4, -0.2) is 53.8 Å². The van der Waals surface area contributed by atoms with Crippen LogP contribution in [0.4, 0.5) is 4.79 Å². The van der Waals surface area contributed by atoms with Crippen molar-refractivity contribution in [3.63, 3.8) is 0 Å². The van der Waals surface area contributed by atoms with Crippen molar-refractivity contribution in [3.05, 3.63) is 0 Å². The largest absolute Gasteiger partial charge is 0.330 e. The van der Waals surface area contributed by atoms with Crippen LogP contribution in [0.25, 0.3) is 0 Å². The molecule has 1 atom stereocenters. The van der Waals surface area contributed by atoms with E-state index in [2.05, 4.69) is 10.2 Å². The van der Waals surface area contributed by atoms with Crippen molar-refractivity contribution in [2.75, 3.05) is 20.1 Å². The fraction of sp³-hybridized carbons (Fsp3) is 0.769. The first kappa shape index (κ1) is 14.0. The Kier molecular flexibility index (Phi) is 3.89. The van der Waals surface area contributed by atoms with Crippen molar-refractivity contribution >= 4 is 17.8 Å². The van der Waals surface area contributed by atoms with Gasteiger partial charge in [-0.15, -0.1) is 0 Å². The van der Waals surface area contributed by atoms with Crippen LogP contribution in [0.5, 0.6) is 0 Å². The molecule has 2 aliphatic rings. The Morgan fingerprint density at radius 1 is 1.32 bits per heavy atom. The van der Waals surface area contributed by atoms with Crippen LogP contribution < -0.4 is 5.32 Å². The van der Waals surface area contributed by atoms with Gasteiger partial charge in [0.05, 0.1) is 0 Å². The van der Waals surface area contributed by atoms with Gasteiger partial charge in [-0.3, -0.25) is 19.8 Å². The number of hydrogen-bond donors (Lipinski definition) is 1. The molecule has 1 N–H and O–H groups in total. The summed E-state index contributed by atoms with van der Waals surface area (Å²) >= 11 is 0. The molecule has 0 radical (unpaired) electrons. The molecule has 106 valence electrons. The van der Waals surface area contributed by atoms with E-state index in [9.17, 15) is 14.4 Å². The lowest BCUT2D eigenvalue weighted by Gasteiger charge is -2.32. The molecule has 0 aromatic heterocycles. The third-order valence-electron chi connectivity index (χ3n) is 3.80. The van der Waals surface area contributed by atoms with Gasteiger partial charge >= 0.3 is 6.03 Å². The molecule has 1 saturated heterocycles. The molecule has 0 aromatic rings. The van der Waals surface area contributed by atoms with E-state index in [1.54, 1.807) is 0 Å². The second-order valence-electron chi connectivity index (χ2n) is 5.72. The molecule has 2 rings (SSSR count). The highest BCUT2D eigenvalue weighted by molar-refractivity contribution is 6.16. The number of likely N-dealkylation sites (N-methyl/N-ethyl adjacent to an activating group) is 1. The SMILES string of the molecule is CC(C)C1C(=O)NC(=O)N(CCN(C)C2CC2)C1=O. The summed E-state index contributed by atoms with van der Waals surface area (Å²) in [4.78, 5) is 38.9. The number of hydrogen-bond acceptors (Lipinski definition) is 4. The summed E-state index contributed by atoms with van der Waals surface area (Å²) < 4.78 is 0. The van der Waals surface area contributed by atoms with Crippen LogP contribution in [0.2, 0.25) is 0 Å². The summed E-state index contributed by atoms with van der Waals surface area (Å²) in [6.45, 7) is 4.62. The van der Waals surface area contributed by atoms with Crippen molar-refractivity contribution in [3.8, 4) is 0 Å². The number of urea groups is 1. The van der Waals surface area contributed by atoms with Crippen LogP contribution >= 0.6 is 0 Å². The van der Waals surface area contributed by atoms with E-state index >= 15 is 0 Å². The van der Waals surface area contributed by atoms with Crippen molar-refractivity contribution in [1.82, 2.24) is 15.1 Å². The van der Waals surface area contributed by atoms with E-state index in [4.69, 9.17) is 0 Å². The van der Waals surface area contributed by atoms with Gasteiger partial charge in [-0.2, -0.15) is 0 Å². The van der Waals surface area contributed by atoms with Gasteiger partial charge in [0.15, 0.2) is 0 Å². The lowest BCUT2D eigenvalue weighted by atomic mass is 9.92. The van der Waals surface area contributed by atoms with Crippen molar-refractivity contribution in [2.24, 2.45) is 11.8 Å². The lowest BCUT2D eigenvalue weighted by molar-refractivity contribution is -0.144. The van der Waals surface area contributed by atoms with Crippen LogP contribution in [-0.2, 0) is 9.59 Å². The molecule has 19 heavy (non-hydrogen) atoms. The zero-order chi connectivity index (χ0) is 14.2. The molecule has 1 aliphatic carbocycles. The Labute approximate surface area is 113 Å². The normalized spacial score (nSPS) is 24.4. The second kappa shape index (κ2) is 5.28. The topological polar surface area (TPSA) is 69.7 Å². The number of amides is 4. The maximum atomic E-state index is 12.2. The Morgan fingerprint density at radius 3 is 2.47 bits per heavy atom. The zero-order valence-corrected chi connectivity index (χ0v) is 11.7. The standard InChI is InChI=1S/C13H21N3O3/c1-8(2)10-11(17)14-13(19)16(12(10)18)7-6-15(3)9-4-5-9/h8-10H,4-7H2,1-3H3,(H,14,17,19). The van der Waals surface area contributed by atoms with Crippen LogP contribution in [0.15, 0.2) is 0 Å². The molecule has 6 nitrogen and oxygen atoms in total. The fourth-order valence-corrected chi connectivity index (χ4v) is 2.39. The van der Waals surface area contributed by atoms with Crippen molar-refractivity contribution < 1.29 is 14.4 Å². The lowest BCUT2D eigenvalue weighted by Crippen LogP contribution is -2.60. The molecular weight excluding hydrogens is 246 g/mol. The highest BCUT2D eigenvalue weighted by Gasteiger charge is 2.42. The number of rotatable bonds is 5. The summed E-state index contributed by atoms with van der Waals surface area (Å²) in [7, 11) is 2.00. The summed E-state index contributed by atoms with van der Waals surface area (Å²) in [5, 5.41) is 2.27. The maximum absolute atomic E-state index is 12.2. The van der Waals surface area contributed by atoms with E-state index in [0.29, 0.717) is 19.1 Å². The first-order valence-electron chi connectivity index (χ1n) is 6.78. The Hall–Kier alpha value is -1.43. The molecule has 1 heterocycles. The maximum Gasteiger partial charge on any atom is 0.330 e. The Bertz CT molecular complexity index is 404. The predicted octanol–water partition coefficient (Wildman–Crippen LogP) is 0.431. The minimum atomic E-state index is -0.746. The van der Waals surface area contributed by atoms with E-state index in [1.807, 2.05) is 20.9 Å². The minimum Gasteiger partial charge on any atom is -0.302 e. The van der Waals surface area contributed by atoms with E-state index in [-0.39, 0.29) is 11.8 Å². The molecule has 2 fully saturated rings. The van der Waals surface area contributed by atoms with Gasteiger partial charge < -0.3 is 4.90 Å². The third kappa shape index (κ3) is 2.94.